The lowest BCUT2D eigenvalue weighted by Gasteiger charge is -2.11. The molecule has 0 amide bonds. The topological polar surface area (TPSA) is 38.9 Å². The van der Waals surface area contributed by atoms with Crippen LogP contribution in [-0.4, -0.2) is 9.97 Å². The van der Waals surface area contributed by atoms with Gasteiger partial charge in [0.15, 0.2) is 5.82 Å². The monoisotopic (exact) mass is 524 g/mol. The molecule has 0 N–H and O–H groups in total. The van der Waals surface area contributed by atoms with Crippen molar-refractivity contribution in [1.82, 2.24) is 9.97 Å². The summed E-state index contributed by atoms with van der Waals surface area (Å²) in [6, 6.07) is 50.2. The van der Waals surface area contributed by atoms with E-state index in [1.54, 1.807) is 0 Å². The van der Waals surface area contributed by atoms with Crippen LogP contribution in [0.5, 0.6) is 0 Å². The molecule has 3 nitrogen and oxygen atoms in total. The van der Waals surface area contributed by atoms with Gasteiger partial charge in [-0.05, 0) is 46.2 Å². The molecule has 6 aromatic carbocycles. The van der Waals surface area contributed by atoms with Crippen molar-refractivity contribution in [3.63, 3.8) is 0 Å². The van der Waals surface area contributed by atoms with Crippen LogP contribution in [-0.2, 0) is 0 Å². The van der Waals surface area contributed by atoms with Crippen LogP contribution in [0.4, 0.5) is 0 Å². The van der Waals surface area contributed by atoms with Crippen molar-refractivity contribution in [3.8, 4) is 45.0 Å². The average Bonchev–Trinajstić information content (AvgIpc) is 3.42. The van der Waals surface area contributed by atoms with E-state index in [9.17, 15) is 0 Å². The molecule has 0 fully saturated rings. The van der Waals surface area contributed by atoms with E-state index in [2.05, 4.69) is 103 Å². The van der Waals surface area contributed by atoms with Gasteiger partial charge in [-0.2, -0.15) is 0 Å². The average molecular weight is 525 g/mol. The van der Waals surface area contributed by atoms with E-state index in [-0.39, 0.29) is 0 Å². The van der Waals surface area contributed by atoms with E-state index in [4.69, 9.17) is 14.4 Å². The zero-order valence-corrected chi connectivity index (χ0v) is 22.2. The van der Waals surface area contributed by atoms with E-state index in [1.807, 2.05) is 42.5 Å². The zero-order chi connectivity index (χ0) is 27.2. The second-order valence-electron chi connectivity index (χ2n) is 10.2. The number of benzene rings is 6. The molecule has 0 atom stereocenters. The molecule has 2 heterocycles. The van der Waals surface area contributed by atoms with Crippen LogP contribution >= 0.6 is 0 Å². The summed E-state index contributed by atoms with van der Waals surface area (Å²) < 4.78 is 6.72. The molecule has 0 radical (unpaired) electrons. The highest BCUT2D eigenvalue weighted by molar-refractivity contribution is 6.18. The summed E-state index contributed by atoms with van der Waals surface area (Å²) in [4.78, 5) is 10.2. The molecule has 8 aromatic rings. The van der Waals surface area contributed by atoms with Crippen molar-refractivity contribution in [3.05, 3.63) is 146 Å². The zero-order valence-electron chi connectivity index (χ0n) is 22.2. The first kappa shape index (κ1) is 23.4. The van der Waals surface area contributed by atoms with E-state index >= 15 is 0 Å². The molecule has 0 saturated carbocycles. The number of aromatic nitrogens is 2. The SMILES string of the molecule is c1ccc(-c2cc(-c3ccccc3)nc(-c3ccc(-c4ccccc4)c4c3oc3cc5ccccc5cc34)n2)cc1. The quantitative estimate of drug-likeness (QED) is 0.230. The van der Waals surface area contributed by atoms with Gasteiger partial charge in [0, 0.05) is 21.9 Å². The number of furan rings is 1. The fraction of sp³-hybridized carbons (Fsp3) is 0. The lowest BCUT2D eigenvalue weighted by atomic mass is 9.96. The Hall–Kier alpha value is -5.54. The van der Waals surface area contributed by atoms with Crippen molar-refractivity contribution in [2.75, 3.05) is 0 Å². The minimum absolute atomic E-state index is 0.637. The highest BCUT2D eigenvalue weighted by atomic mass is 16.3. The molecule has 0 aliphatic rings. The van der Waals surface area contributed by atoms with Gasteiger partial charge in [-0.3, -0.25) is 0 Å². The summed E-state index contributed by atoms with van der Waals surface area (Å²) in [6.07, 6.45) is 0. The van der Waals surface area contributed by atoms with Crippen LogP contribution < -0.4 is 0 Å². The number of hydrogen-bond donors (Lipinski definition) is 0. The largest absolute Gasteiger partial charge is 0.455 e. The molecule has 41 heavy (non-hydrogen) atoms. The lowest BCUT2D eigenvalue weighted by Crippen LogP contribution is -1.96. The van der Waals surface area contributed by atoms with Gasteiger partial charge < -0.3 is 4.42 Å². The summed E-state index contributed by atoms with van der Waals surface area (Å²) in [6.45, 7) is 0. The van der Waals surface area contributed by atoms with Gasteiger partial charge >= 0.3 is 0 Å². The van der Waals surface area contributed by atoms with Gasteiger partial charge in [0.05, 0.1) is 17.0 Å². The van der Waals surface area contributed by atoms with Gasteiger partial charge in [0.1, 0.15) is 11.2 Å². The Morgan fingerprint density at radius 2 is 0.951 bits per heavy atom. The number of rotatable bonds is 4. The predicted octanol–water partition coefficient (Wildman–Crippen LogP) is 10.2. The summed E-state index contributed by atoms with van der Waals surface area (Å²) >= 11 is 0. The van der Waals surface area contributed by atoms with Crippen LogP contribution in [0.3, 0.4) is 0 Å². The van der Waals surface area contributed by atoms with Gasteiger partial charge in [-0.15, -0.1) is 0 Å². The second-order valence-corrected chi connectivity index (χ2v) is 10.2. The van der Waals surface area contributed by atoms with Gasteiger partial charge in [-0.1, -0.05) is 121 Å². The molecule has 0 saturated heterocycles. The maximum atomic E-state index is 6.72. The minimum atomic E-state index is 0.637. The first-order chi connectivity index (χ1) is 20.3. The van der Waals surface area contributed by atoms with Crippen molar-refractivity contribution in [1.29, 1.82) is 0 Å². The molecule has 3 heteroatoms. The van der Waals surface area contributed by atoms with Crippen LogP contribution in [0.1, 0.15) is 0 Å². The number of nitrogens with zero attached hydrogens (tertiary/aromatic N) is 2. The van der Waals surface area contributed by atoms with E-state index in [0.717, 1.165) is 66.5 Å². The van der Waals surface area contributed by atoms with Gasteiger partial charge in [0.25, 0.3) is 0 Å². The Balaban J connectivity index is 1.45. The maximum absolute atomic E-state index is 6.72. The predicted molar refractivity (Wildman–Crippen MR) is 169 cm³/mol. The first-order valence-corrected chi connectivity index (χ1v) is 13.8. The lowest BCUT2D eigenvalue weighted by molar-refractivity contribution is 0.670. The minimum Gasteiger partial charge on any atom is -0.455 e. The van der Waals surface area contributed by atoms with E-state index in [1.165, 1.54) is 5.39 Å². The number of hydrogen-bond acceptors (Lipinski definition) is 3. The van der Waals surface area contributed by atoms with E-state index in [0.29, 0.717) is 5.82 Å². The van der Waals surface area contributed by atoms with Crippen LogP contribution in [0, 0.1) is 0 Å². The maximum Gasteiger partial charge on any atom is 0.164 e. The summed E-state index contributed by atoms with van der Waals surface area (Å²) in [7, 11) is 0. The molecule has 0 aliphatic carbocycles. The summed E-state index contributed by atoms with van der Waals surface area (Å²) in [5.74, 6) is 0.637. The Morgan fingerprint density at radius 3 is 1.56 bits per heavy atom. The van der Waals surface area contributed by atoms with E-state index < -0.39 is 0 Å². The van der Waals surface area contributed by atoms with Crippen LogP contribution in [0.2, 0.25) is 0 Å². The fourth-order valence-corrected chi connectivity index (χ4v) is 5.68. The molecular weight excluding hydrogens is 500 g/mol. The van der Waals surface area contributed by atoms with Crippen molar-refractivity contribution < 1.29 is 4.42 Å². The molecular formula is C38H24N2O. The highest BCUT2D eigenvalue weighted by Gasteiger charge is 2.20. The Bertz CT molecular complexity index is 2130. The third-order valence-corrected chi connectivity index (χ3v) is 7.68. The normalized spacial score (nSPS) is 11.4. The smallest absolute Gasteiger partial charge is 0.164 e. The standard InChI is InChI=1S/C38H24N2O/c1-4-12-25(13-5-1)30-20-21-31(37-36(30)32-22-28-18-10-11-19-29(28)23-35(32)41-37)38-39-33(26-14-6-2-7-15-26)24-34(40-38)27-16-8-3-9-17-27/h1-24H. The summed E-state index contributed by atoms with van der Waals surface area (Å²) in [5, 5.41) is 4.49. The highest BCUT2D eigenvalue weighted by Crippen LogP contribution is 2.42. The first-order valence-electron chi connectivity index (χ1n) is 13.8. The molecule has 0 aliphatic heterocycles. The molecule has 8 rings (SSSR count). The molecule has 0 bridgehead atoms. The van der Waals surface area contributed by atoms with Gasteiger partial charge in [-0.25, -0.2) is 9.97 Å². The third kappa shape index (κ3) is 4.07. The molecule has 0 unspecified atom stereocenters. The van der Waals surface area contributed by atoms with Crippen molar-refractivity contribution in [2.24, 2.45) is 0 Å². The third-order valence-electron chi connectivity index (χ3n) is 7.68. The Kier molecular flexibility index (Phi) is 5.46. The second kappa shape index (κ2) is 9.58. The molecule has 2 aromatic heterocycles. The Labute approximate surface area is 237 Å². The molecule has 192 valence electrons. The number of fused-ring (bicyclic) bond motifs is 4. The van der Waals surface area contributed by atoms with Crippen LogP contribution in [0.25, 0.3) is 77.7 Å². The summed E-state index contributed by atoms with van der Waals surface area (Å²) in [5.41, 5.74) is 8.61. The van der Waals surface area contributed by atoms with Gasteiger partial charge in [0.2, 0.25) is 0 Å². The van der Waals surface area contributed by atoms with Crippen molar-refractivity contribution >= 4 is 32.7 Å². The van der Waals surface area contributed by atoms with Crippen molar-refractivity contribution in [2.45, 2.75) is 0 Å². The van der Waals surface area contributed by atoms with Crippen LogP contribution in [0.15, 0.2) is 150 Å². The Morgan fingerprint density at radius 1 is 0.439 bits per heavy atom. The fourth-order valence-electron chi connectivity index (χ4n) is 5.68. The molecule has 0 spiro atoms.